The molecular formula is C19H23N3O3. The fourth-order valence-electron chi connectivity index (χ4n) is 4.38. The Hall–Kier alpha value is -2.37. The van der Waals surface area contributed by atoms with Crippen LogP contribution < -0.4 is 5.32 Å². The van der Waals surface area contributed by atoms with Crippen molar-refractivity contribution in [3.63, 3.8) is 0 Å². The van der Waals surface area contributed by atoms with Gasteiger partial charge in [0.1, 0.15) is 12.1 Å². The number of aryl methyl sites for hydroxylation is 1. The van der Waals surface area contributed by atoms with E-state index in [2.05, 4.69) is 12.2 Å². The summed E-state index contributed by atoms with van der Waals surface area (Å²) in [6.45, 7) is 3.37. The third-order valence-electron chi connectivity index (χ3n) is 5.73. The Balaban J connectivity index is 1.54. The molecule has 0 radical (unpaired) electrons. The van der Waals surface area contributed by atoms with Gasteiger partial charge in [-0.2, -0.15) is 0 Å². The predicted octanol–water partition coefficient (Wildman–Crippen LogP) is 1.64. The number of hydrogen-bond donors (Lipinski definition) is 1. The summed E-state index contributed by atoms with van der Waals surface area (Å²) in [6, 6.07) is 7.26. The van der Waals surface area contributed by atoms with Crippen LogP contribution >= 0.6 is 0 Å². The van der Waals surface area contributed by atoms with Gasteiger partial charge in [0.15, 0.2) is 0 Å². The number of hydrogen-bond acceptors (Lipinski definition) is 3. The molecule has 2 aliphatic heterocycles. The number of nitrogens with zero attached hydrogens (tertiary/aromatic N) is 2. The van der Waals surface area contributed by atoms with Crippen molar-refractivity contribution in [2.75, 3.05) is 19.6 Å². The molecule has 132 valence electrons. The van der Waals surface area contributed by atoms with Crippen LogP contribution in [0.15, 0.2) is 24.3 Å². The summed E-state index contributed by atoms with van der Waals surface area (Å²) in [4.78, 5) is 41.0. The average molecular weight is 341 g/mol. The molecular weight excluding hydrogens is 318 g/mol. The number of imide groups is 1. The van der Waals surface area contributed by atoms with E-state index in [0.29, 0.717) is 25.4 Å². The van der Waals surface area contributed by atoms with Gasteiger partial charge >= 0.3 is 6.03 Å². The van der Waals surface area contributed by atoms with Crippen LogP contribution in [-0.2, 0) is 21.5 Å². The second-order valence-corrected chi connectivity index (χ2v) is 7.47. The van der Waals surface area contributed by atoms with Crippen molar-refractivity contribution in [3.8, 4) is 0 Å². The molecule has 6 nitrogen and oxygen atoms in total. The molecule has 25 heavy (non-hydrogen) atoms. The Morgan fingerprint density at radius 3 is 2.92 bits per heavy atom. The third kappa shape index (κ3) is 2.51. The molecule has 2 heterocycles. The highest BCUT2D eigenvalue weighted by Gasteiger charge is 2.55. The zero-order chi connectivity index (χ0) is 17.6. The van der Waals surface area contributed by atoms with E-state index in [1.165, 1.54) is 0 Å². The van der Waals surface area contributed by atoms with Crippen LogP contribution in [0.25, 0.3) is 0 Å². The summed E-state index contributed by atoms with van der Waals surface area (Å²) >= 11 is 0. The first-order valence-electron chi connectivity index (χ1n) is 9.01. The normalized spacial score (nSPS) is 28.4. The van der Waals surface area contributed by atoms with Crippen molar-refractivity contribution in [1.29, 1.82) is 0 Å². The first-order chi connectivity index (χ1) is 12.0. The monoisotopic (exact) mass is 341 g/mol. The van der Waals surface area contributed by atoms with Gasteiger partial charge in [-0.3, -0.25) is 14.5 Å². The van der Waals surface area contributed by atoms with Crippen molar-refractivity contribution >= 4 is 17.8 Å². The molecule has 0 aromatic heterocycles. The molecule has 1 N–H and O–H groups in total. The first kappa shape index (κ1) is 16.1. The van der Waals surface area contributed by atoms with E-state index in [0.717, 1.165) is 35.3 Å². The van der Waals surface area contributed by atoms with E-state index in [1.54, 1.807) is 4.90 Å². The average Bonchev–Trinajstić information content (AvgIpc) is 3.09. The van der Waals surface area contributed by atoms with E-state index in [9.17, 15) is 14.4 Å². The van der Waals surface area contributed by atoms with Crippen molar-refractivity contribution in [1.82, 2.24) is 15.1 Å². The van der Waals surface area contributed by atoms with Crippen LogP contribution in [-0.4, -0.2) is 47.3 Å². The van der Waals surface area contributed by atoms with Gasteiger partial charge in [-0.15, -0.1) is 0 Å². The van der Waals surface area contributed by atoms with E-state index >= 15 is 0 Å². The molecule has 1 spiro atoms. The van der Waals surface area contributed by atoms with Crippen LogP contribution in [0.2, 0.25) is 0 Å². The molecule has 1 aromatic carbocycles. The molecule has 3 aliphatic rings. The predicted molar refractivity (Wildman–Crippen MR) is 91.7 cm³/mol. The lowest BCUT2D eigenvalue weighted by atomic mass is 9.92. The van der Waals surface area contributed by atoms with Crippen molar-refractivity contribution < 1.29 is 14.4 Å². The molecule has 4 amide bonds. The Kier molecular flexibility index (Phi) is 3.78. The number of amides is 4. The standard InChI is InChI=1S/C19H23N3O3/c1-13-5-4-10-21(11-13)16(23)12-22-17(24)19(20-18(22)25)9-8-14-6-2-3-7-15(14)19/h2-3,6-7,13H,4-5,8-12H2,1H3,(H,20,25). The van der Waals surface area contributed by atoms with E-state index in [-0.39, 0.29) is 18.4 Å². The summed E-state index contributed by atoms with van der Waals surface area (Å²) in [5.74, 6) is 0.0353. The molecule has 6 heteroatoms. The summed E-state index contributed by atoms with van der Waals surface area (Å²) in [7, 11) is 0. The maximum Gasteiger partial charge on any atom is 0.325 e. The molecule has 0 bridgehead atoms. The topological polar surface area (TPSA) is 69.7 Å². The van der Waals surface area contributed by atoms with Gasteiger partial charge in [-0.05, 0) is 42.7 Å². The molecule has 2 atom stereocenters. The van der Waals surface area contributed by atoms with Gasteiger partial charge in [0.25, 0.3) is 5.91 Å². The Labute approximate surface area is 147 Å². The molecule has 1 aliphatic carbocycles. The van der Waals surface area contributed by atoms with E-state index in [4.69, 9.17) is 0 Å². The highest BCUT2D eigenvalue weighted by Crippen LogP contribution is 2.41. The smallest absolute Gasteiger partial charge is 0.325 e. The summed E-state index contributed by atoms with van der Waals surface area (Å²) in [5, 5.41) is 2.87. The summed E-state index contributed by atoms with van der Waals surface area (Å²) in [6.07, 6.45) is 3.41. The van der Waals surface area contributed by atoms with Gasteiger partial charge in [-0.1, -0.05) is 31.2 Å². The number of likely N-dealkylation sites (tertiary alicyclic amines) is 1. The fourth-order valence-corrected chi connectivity index (χ4v) is 4.38. The minimum absolute atomic E-state index is 0.140. The fraction of sp³-hybridized carbons (Fsp3) is 0.526. The zero-order valence-corrected chi connectivity index (χ0v) is 14.5. The van der Waals surface area contributed by atoms with Crippen molar-refractivity contribution in [3.05, 3.63) is 35.4 Å². The van der Waals surface area contributed by atoms with Crippen LogP contribution in [0, 0.1) is 5.92 Å². The lowest BCUT2D eigenvalue weighted by Gasteiger charge is -2.31. The highest BCUT2D eigenvalue weighted by molar-refractivity contribution is 6.09. The SMILES string of the molecule is CC1CCCN(C(=O)CN2C(=O)NC3(CCc4ccccc43)C2=O)C1. The maximum atomic E-state index is 13.1. The van der Waals surface area contributed by atoms with Gasteiger partial charge < -0.3 is 10.2 Å². The number of carbonyl (C=O) groups excluding carboxylic acids is 3. The van der Waals surface area contributed by atoms with Crippen molar-refractivity contribution in [2.24, 2.45) is 5.92 Å². The lowest BCUT2D eigenvalue weighted by molar-refractivity contribution is -0.140. The van der Waals surface area contributed by atoms with Crippen LogP contribution in [0.1, 0.15) is 37.3 Å². The van der Waals surface area contributed by atoms with E-state index < -0.39 is 11.6 Å². The van der Waals surface area contributed by atoms with Gasteiger partial charge in [0.05, 0.1) is 0 Å². The van der Waals surface area contributed by atoms with Crippen LogP contribution in [0.3, 0.4) is 0 Å². The minimum Gasteiger partial charge on any atom is -0.341 e. The second kappa shape index (κ2) is 5.86. The molecule has 2 unspecified atom stereocenters. The number of benzene rings is 1. The number of rotatable bonds is 2. The largest absolute Gasteiger partial charge is 0.341 e. The number of fused-ring (bicyclic) bond motifs is 2. The van der Waals surface area contributed by atoms with Crippen LogP contribution in [0.4, 0.5) is 4.79 Å². The van der Waals surface area contributed by atoms with E-state index in [1.807, 2.05) is 24.3 Å². The minimum atomic E-state index is -0.983. The Bertz CT molecular complexity index is 747. The molecule has 2 saturated heterocycles. The summed E-state index contributed by atoms with van der Waals surface area (Å²) in [5.41, 5.74) is 0.979. The summed E-state index contributed by atoms with van der Waals surface area (Å²) < 4.78 is 0. The molecule has 1 aromatic rings. The number of nitrogens with one attached hydrogen (secondary N) is 1. The lowest BCUT2D eigenvalue weighted by Crippen LogP contribution is -2.47. The second-order valence-electron chi connectivity index (χ2n) is 7.47. The highest BCUT2D eigenvalue weighted by atomic mass is 16.2. The quantitative estimate of drug-likeness (QED) is 0.832. The van der Waals surface area contributed by atoms with Gasteiger partial charge in [0, 0.05) is 13.1 Å². The zero-order valence-electron chi connectivity index (χ0n) is 14.5. The molecule has 4 rings (SSSR count). The number of urea groups is 1. The first-order valence-corrected chi connectivity index (χ1v) is 9.01. The maximum absolute atomic E-state index is 13.1. The Morgan fingerprint density at radius 2 is 2.12 bits per heavy atom. The Morgan fingerprint density at radius 1 is 1.32 bits per heavy atom. The molecule has 2 fully saturated rings. The van der Waals surface area contributed by atoms with Gasteiger partial charge in [-0.25, -0.2) is 4.79 Å². The van der Waals surface area contributed by atoms with Gasteiger partial charge in [0.2, 0.25) is 5.91 Å². The van der Waals surface area contributed by atoms with Crippen molar-refractivity contribution in [2.45, 2.75) is 38.1 Å². The number of carbonyl (C=O) groups is 3. The molecule has 0 saturated carbocycles. The van der Waals surface area contributed by atoms with Crippen LogP contribution in [0.5, 0.6) is 0 Å². The number of piperidine rings is 1. The third-order valence-corrected chi connectivity index (χ3v) is 5.73.